The van der Waals surface area contributed by atoms with Crippen molar-refractivity contribution < 1.29 is 23.5 Å². The van der Waals surface area contributed by atoms with E-state index in [1.807, 2.05) is 56.9 Å². The highest BCUT2D eigenvalue weighted by Gasteiger charge is 2.57. The zero-order chi connectivity index (χ0) is 38.8. The molecule has 6 heterocycles. The maximum absolute atomic E-state index is 17.6. The number of hydrogen-bond donors (Lipinski definition) is 1. The minimum Gasteiger partial charge on any atom is -0.449 e. The van der Waals surface area contributed by atoms with Gasteiger partial charge in [0.25, 0.3) is 0 Å². The molecular formula is C40H42ClFN8O4S. The van der Waals surface area contributed by atoms with Gasteiger partial charge in [0, 0.05) is 58.8 Å². The number of ether oxygens (including phenoxy) is 2. The third-order valence-corrected chi connectivity index (χ3v) is 11.7. The fourth-order valence-electron chi connectivity index (χ4n) is 8.74. The predicted molar refractivity (Wildman–Crippen MR) is 209 cm³/mol. The monoisotopic (exact) mass is 784 g/mol. The normalized spacial score (nSPS) is 20.6. The van der Waals surface area contributed by atoms with E-state index < -0.39 is 17.5 Å². The molecule has 2 bridgehead atoms. The number of amides is 2. The Bertz CT molecular complexity index is 2370. The number of fused-ring (bicyclic) bond motifs is 4. The third kappa shape index (κ3) is 6.35. The van der Waals surface area contributed by atoms with Crippen LogP contribution in [0.5, 0.6) is 0 Å². The van der Waals surface area contributed by atoms with Crippen molar-refractivity contribution in [2.24, 2.45) is 5.92 Å². The fourth-order valence-corrected chi connectivity index (χ4v) is 9.05. The lowest BCUT2D eigenvalue weighted by Crippen LogP contribution is -2.45. The summed E-state index contributed by atoms with van der Waals surface area (Å²) >= 11 is 11.1. The van der Waals surface area contributed by atoms with Gasteiger partial charge in [-0.05, 0) is 76.6 Å². The highest BCUT2D eigenvalue weighted by molar-refractivity contribution is 7.80. The van der Waals surface area contributed by atoms with Gasteiger partial charge in [-0.25, -0.2) is 28.6 Å². The van der Waals surface area contributed by atoms with Gasteiger partial charge in [0.2, 0.25) is 0 Å². The van der Waals surface area contributed by atoms with E-state index in [1.165, 1.54) is 17.3 Å². The summed E-state index contributed by atoms with van der Waals surface area (Å²) in [5.74, 6) is 0.262. The van der Waals surface area contributed by atoms with E-state index in [-0.39, 0.29) is 55.1 Å². The summed E-state index contributed by atoms with van der Waals surface area (Å²) in [4.78, 5) is 39.9. The number of pyridine rings is 1. The second-order valence-electron chi connectivity index (χ2n) is 15.6. The van der Waals surface area contributed by atoms with Crippen LogP contribution in [0.4, 0.5) is 14.0 Å². The number of halogens is 2. The zero-order valence-corrected chi connectivity index (χ0v) is 32.8. The average Bonchev–Trinajstić information content (AvgIpc) is 3.98. The Hall–Kier alpha value is -4.87. The number of carbonyl (C=O) groups is 2. The molecule has 0 radical (unpaired) electrons. The Morgan fingerprint density at radius 1 is 1.16 bits per heavy atom. The molecule has 3 saturated heterocycles. The summed E-state index contributed by atoms with van der Waals surface area (Å²) in [6, 6.07) is 10.9. The zero-order valence-electron chi connectivity index (χ0n) is 31.1. The van der Waals surface area contributed by atoms with Crippen molar-refractivity contribution in [3.8, 4) is 23.0 Å². The van der Waals surface area contributed by atoms with Gasteiger partial charge in [0.15, 0.2) is 11.6 Å². The van der Waals surface area contributed by atoms with Crippen LogP contribution >= 0.6 is 24.2 Å². The van der Waals surface area contributed by atoms with Crippen LogP contribution in [-0.4, -0.2) is 83.4 Å². The molecule has 0 spiro atoms. The van der Waals surface area contributed by atoms with Crippen molar-refractivity contribution in [3.63, 3.8) is 0 Å². The maximum Gasteiger partial charge on any atom is 0.410 e. The molecule has 286 valence electrons. The highest BCUT2D eigenvalue weighted by atomic mass is 35.5. The molecule has 3 aliphatic heterocycles. The Kier molecular flexibility index (Phi) is 9.66. The summed E-state index contributed by atoms with van der Waals surface area (Å²) < 4.78 is 32.8. The molecule has 0 unspecified atom stereocenters. The largest absolute Gasteiger partial charge is 0.449 e. The van der Waals surface area contributed by atoms with Crippen LogP contribution in [0, 0.1) is 30.0 Å². The number of benzene rings is 2. The van der Waals surface area contributed by atoms with Gasteiger partial charge >= 0.3 is 12.2 Å². The first-order chi connectivity index (χ1) is 26.4. The number of nitrogens with zero attached hydrogens (tertiary/aromatic N) is 8. The van der Waals surface area contributed by atoms with Crippen molar-refractivity contribution in [2.75, 3.05) is 25.4 Å². The van der Waals surface area contributed by atoms with Crippen molar-refractivity contribution in [3.05, 3.63) is 70.6 Å². The van der Waals surface area contributed by atoms with Crippen molar-refractivity contribution in [2.45, 2.75) is 83.5 Å². The van der Waals surface area contributed by atoms with Gasteiger partial charge in [0.1, 0.15) is 30.4 Å². The van der Waals surface area contributed by atoms with E-state index in [2.05, 4.69) is 33.3 Å². The lowest BCUT2D eigenvalue weighted by Gasteiger charge is -2.40. The molecule has 4 atom stereocenters. The molecule has 0 N–H and O–H groups in total. The quantitative estimate of drug-likeness (QED) is 0.155. The summed E-state index contributed by atoms with van der Waals surface area (Å²) in [6.45, 7) is 8.59. The lowest BCUT2D eigenvalue weighted by molar-refractivity contribution is 0.0208. The average molecular weight is 785 g/mol. The first-order valence-corrected chi connectivity index (χ1v) is 19.6. The van der Waals surface area contributed by atoms with Crippen LogP contribution in [0.3, 0.4) is 0 Å². The number of nitriles is 1. The first-order valence-electron chi connectivity index (χ1n) is 18.6. The van der Waals surface area contributed by atoms with Crippen molar-refractivity contribution in [1.29, 1.82) is 5.26 Å². The topological polar surface area (TPSA) is 131 Å². The summed E-state index contributed by atoms with van der Waals surface area (Å²) in [5, 5.41) is 15.8. The molecular weight excluding hydrogens is 743 g/mol. The highest BCUT2D eigenvalue weighted by Crippen LogP contribution is 2.54. The van der Waals surface area contributed by atoms with Gasteiger partial charge < -0.3 is 18.9 Å². The van der Waals surface area contributed by atoms with Crippen molar-refractivity contribution in [1.82, 2.24) is 34.1 Å². The van der Waals surface area contributed by atoms with E-state index in [0.717, 1.165) is 24.1 Å². The molecule has 3 aromatic heterocycles. The summed E-state index contributed by atoms with van der Waals surface area (Å²) in [6.07, 6.45) is 4.76. The molecule has 2 aromatic carbocycles. The number of aryl methyl sites for hydroxylation is 2. The first kappa shape index (κ1) is 37.1. The molecule has 2 amide bonds. The Labute approximate surface area is 328 Å². The van der Waals surface area contributed by atoms with Crippen LogP contribution < -0.4 is 0 Å². The maximum atomic E-state index is 17.6. The van der Waals surface area contributed by atoms with E-state index in [1.54, 1.807) is 11.0 Å². The van der Waals surface area contributed by atoms with E-state index >= 15 is 4.39 Å². The second-order valence-corrected chi connectivity index (χ2v) is 16.4. The summed E-state index contributed by atoms with van der Waals surface area (Å²) in [5.41, 5.74) is 3.18. The molecule has 9 rings (SSSR count). The number of hydrogen-bond acceptors (Lipinski definition) is 9. The van der Waals surface area contributed by atoms with Gasteiger partial charge in [0.05, 0.1) is 34.7 Å². The summed E-state index contributed by atoms with van der Waals surface area (Å²) in [7, 11) is 0. The fraction of sp³-hybridized carbons (Fsp3) is 0.450. The van der Waals surface area contributed by atoms with Gasteiger partial charge in [-0.1, -0.05) is 29.8 Å². The van der Waals surface area contributed by atoms with Crippen LogP contribution in [0.1, 0.15) is 75.4 Å². The second kappa shape index (κ2) is 14.3. The Morgan fingerprint density at radius 2 is 1.98 bits per heavy atom. The van der Waals surface area contributed by atoms with Gasteiger partial charge in [-0.2, -0.15) is 23.0 Å². The number of likely N-dealkylation sites (tertiary alicyclic amines) is 1. The molecule has 1 saturated carbocycles. The van der Waals surface area contributed by atoms with E-state index in [0.29, 0.717) is 69.1 Å². The Morgan fingerprint density at radius 3 is 2.71 bits per heavy atom. The lowest BCUT2D eigenvalue weighted by atomic mass is 9.79. The predicted octanol–water partition coefficient (Wildman–Crippen LogP) is 8.38. The number of thiol groups is 1. The number of carbonyl (C=O) groups excluding carboxylic acids is 2. The van der Waals surface area contributed by atoms with Crippen LogP contribution in [0.25, 0.3) is 38.8 Å². The molecule has 4 fully saturated rings. The van der Waals surface area contributed by atoms with E-state index in [9.17, 15) is 14.9 Å². The molecule has 4 aliphatic rings. The van der Waals surface area contributed by atoms with Crippen LogP contribution in [0.15, 0.2) is 43.0 Å². The van der Waals surface area contributed by atoms with Crippen LogP contribution in [0.2, 0.25) is 5.02 Å². The van der Waals surface area contributed by atoms with Gasteiger partial charge in [-0.15, -0.1) is 0 Å². The molecule has 12 nitrogen and oxygen atoms in total. The minimum atomic E-state index is -0.674. The number of aromatic nitrogens is 5. The van der Waals surface area contributed by atoms with Gasteiger partial charge in [-0.3, -0.25) is 4.90 Å². The Balaban J connectivity index is 1.43. The smallest absolute Gasteiger partial charge is 0.410 e. The standard InChI is InChI=1S/C40H42ClFN8O4S/c1-22-8-5-10-25(32(22)41)31-23(9-6-12-43)16-26-34(33(31)42)46-37(49-21-44-20-45-49)27-18-29(28-11-7-13-47(28)38(51)53-14-15-55)50(36(26)27)35-24-17-30(35)48(19-24)39(52)54-40(2,3)4/h5,8,10,16,18,20-21,24,28,30,35,55H,6-7,9,11,13-15,17,19H2,1-4H3/t24-,28-,30-,35+/m1/s1. The SMILES string of the molecule is Cc1cccc(-c2c(CCC#N)cc3c(nc(-n4cncn4)c4cc([C@H]5CCCN5C(=O)OCCS)n([C@H]5[C@@H]6C[C@H]5N(C(=O)OC(C)(C)C)C6)c43)c2F)c1Cl. The van der Waals surface area contributed by atoms with Crippen LogP contribution in [-0.2, 0) is 15.9 Å². The third-order valence-electron chi connectivity index (χ3n) is 11.0. The van der Waals surface area contributed by atoms with Crippen molar-refractivity contribution >= 4 is 58.2 Å². The number of rotatable bonds is 8. The molecule has 15 heteroatoms. The van der Waals surface area contributed by atoms with E-state index in [4.69, 9.17) is 26.1 Å². The molecule has 55 heavy (non-hydrogen) atoms. The minimum absolute atomic E-state index is 0.0733. The molecule has 1 aliphatic carbocycles. The molecule has 5 aromatic rings.